The lowest BCUT2D eigenvalue weighted by molar-refractivity contribution is 0.187. The van der Waals surface area contributed by atoms with Gasteiger partial charge in [0.15, 0.2) is 11.6 Å². The number of aryl methyl sites for hydroxylation is 1. The normalized spacial score (nSPS) is 14.4. The predicted octanol–water partition coefficient (Wildman–Crippen LogP) is 5.06. The van der Waals surface area contributed by atoms with E-state index in [1.807, 2.05) is 37.6 Å². The third kappa shape index (κ3) is 3.79. The Morgan fingerprint density at radius 1 is 1.26 bits per heavy atom. The summed E-state index contributed by atoms with van der Waals surface area (Å²) in [6.45, 7) is 12.1. The summed E-state index contributed by atoms with van der Waals surface area (Å²) in [5, 5.41) is 11.8. The molecule has 0 atom stereocenters. The fourth-order valence-electron chi connectivity index (χ4n) is 4.48. The Hall–Kier alpha value is -3.46. The highest BCUT2D eigenvalue weighted by atomic mass is 19.1. The number of hydrogen-bond donors (Lipinski definition) is 1. The number of allylic oxidation sites excluding steroid dienone is 2. The Morgan fingerprint density at radius 2 is 2.00 bits per heavy atom. The number of benzene rings is 1. The van der Waals surface area contributed by atoms with E-state index in [9.17, 15) is 4.39 Å². The van der Waals surface area contributed by atoms with Crippen molar-refractivity contribution < 1.29 is 18.3 Å². The van der Waals surface area contributed by atoms with Crippen molar-refractivity contribution in [2.45, 2.75) is 39.8 Å². The first kappa shape index (κ1) is 23.7. The van der Waals surface area contributed by atoms with E-state index in [1.54, 1.807) is 24.7 Å². The Kier molecular flexibility index (Phi) is 6.07. The van der Waals surface area contributed by atoms with Crippen LogP contribution in [-0.4, -0.2) is 40.2 Å². The van der Waals surface area contributed by atoms with Crippen LogP contribution in [-0.2, 0) is 16.8 Å². The first-order valence-corrected chi connectivity index (χ1v) is 10.9. The van der Waals surface area contributed by atoms with Gasteiger partial charge in [-0.25, -0.2) is 8.78 Å². The molecule has 3 heterocycles. The molecule has 0 saturated carbocycles. The van der Waals surface area contributed by atoms with Gasteiger partial charge in [0.1, 0.15) is 23.1 Å². The average Bonchev–Trinajstić information content (AvgIpc) is 3.33. The number of nitrogens with zero attached hydrogens (tertiary/aromatic N) is 4. The molecule has 7 nitrogen and oxygen atoms in total. The average molecular weight is 470 g/mol. The summed E-state index contributed by atoms with van der Waals surface area (Å²) < 4.78 is 45.2. The molecule has 0 amide bonds. The lowest BCUT2D eigenvalue weighted by atomic mass is 9.92. The molecule has 1 aliphatic heterocycles. The van der Waals surface area contributed by atoms with Crippen molar-refractivity contribution in [2.24, 2.45) is 0 Å². The standard InChI is InChI=1S/C25H29F2N5O2/c1-14(26)12-18(17-8-9-31(15(17)2)10-11-33-6)21-20(34-7)13-19-23(22(21)27)32-16(3)29-30-24(32)25(4,5)28-19/h8-9,12-13,28H,1,10-11H2,2-7H3/b18-12+. The van der Waals surface area contributed by atoms with E-state index in [1.165, 1.54) is 13.2 Å². The molecule has 0 fully saturated rings. The summed E-state index contributed by atoms with van der Waals surface area (Å²) in [6.07, 6.45) is 3.10. The van der Waals surface area contributed by atoms with Crippen molar-refractivity contribution in [3.05, 3.63) is 71.1 Å². The highest BCUT2D eigenvalue weighted by molar-refractivity contribution is 5.89. The molecule has 34 heavy (non-hydrogen) atoms. The second-order valence-corrected chi connectivity index (χ2v) is 8.83. The molecule has 9 heteroatoms. The van der Waals surface area contributed by atoms with Crippen molar-refractivity contribution in [3.8, 4) is 11.4 Å². The van der Waals surface area contributed by atoms with Gasteiger partial charge in [0, 0.05) is 42.7 Å². The third-order valence-electron chi connectivity index (χ3n) is 6.12. The largest absolute Gasteiger partial charge is 0.496 e. The predicted molar refractivity (Wildman–Crippen MR) is 128 cm³/mol. The third-order valence-corrected chi connectivity index (χ3v) is 6.12. The van der Waals surface area contributed by atoms with Crippen LogP contribution in [0.3, 0.4) is 0 Å². The minimum atomic E-state index is -0.696. The first-order chi connectivity index (χ1) is 16.1. The summed E-state index contributed by atoms with van der Waals surface area (Å²) >= 11 is 0. The topological polar surface area (TPSA) is 66.1 Å². The lowest BCUT2D eigenvalue weighted by Crippen LogP contribution is -2.36. The molecule has 180 valence electrons. The van der Waals surface area contributed by atoms with Crippen molar-refractivity contribution in [2.75, 3.05) is 26.1 Å². The van der Waals surface area contributed by atoms with E-state index in [0.717, 1.165) is 5.69 Å². The Balaban J connectivity index is 2.00. The molecule has 0 radical (unpaired) electrons. The number of rotatable bonds is 7. The van der Waals surface area contributed by atoms with Gasteiger partial charge in [-0.1, -0.05) is 6.58 Å². The monoisotopic (exact) mass is 469 g/mol. The van der Waals surface area contributed by atoms with Crippen LogP contribution >= 0.6 is 0 Å². The Morgan fingerprint density at radius 3 is 2.65 bits per heavy atom. The molecule has 2 aromatic heterocycles. The molecule has 0 unspecified atom stereocenters. The number of methoxy groups -OCH3 is 2. The highest BCUT2D eigenvalue weighted by Crippen LogP contribution is 2.45. The molecule has 1 aromatic carbocycles. The number of halogens is 2. The molecule has 1 N–H and O–H groups in total. The van der Waals surface area contributed by atoms with Crippen LogP contribution in [0.4, 0.5) is 14.5 Å². The molecule has 0 spiro atoms. The van der Waals surface area contributed by atoms with E-state index in [-0.39, 0.29) is 17.0 Å². The zero-order valence-corrected chi connectivity index (χ0v) is 20.3. The van der Waals surface area contributed by atoms with Gasteiger partial charge in [0.05, 0.1) is 30.5 Å². The number of nitrogens with one attached hydrogen (secondary N) is 1. The van der Waals surface area contributed by atoms with Gasteiger partial charge >= 0.3 is 0 Å². The summed E-state index contributed by atoms with van der Waals surface area (Å²) in [4.78, 5) is 0. The van der Waals surface area contributed by atoms with Crippen LogP contribution in [0.25, 0.3) is 11.3 Å². The van der Waals surface area contributed by atoms with Crippen molar-refractivity contribution in [3.63, 3.8) is 0 Å². The van der Waals surface area contributed by atoms with Gasteiger partial charge < -0.3 is 19.4 Å². The van der Waals surface area contributed by atoms with Gasteiger partial charge in [0.2, 0.25) is 0 Å². The van der Waals surface area contributed by atoms with Crippen LogP contribution in [0.15, 0.2) is 36.8 Å². The maximum absolute atomic E-state index is 16.5. The zero-order chi connectivity index (χ0) is 24.8. The van der Waals surface area contributed by atoms with Gasteiger partial charge in [-0.3, -0.25) is 4.57 Å². The molecule has 0 aliphatic carbocycles. The van der Waals surface area contributed by atoms with E-state index in [0.29, 0.717) is 41.6 Å². The highest BCUT2D eigenvalue weighted by Gasteiger charge is 2.37. The maximum Gasteiger partial charge on any atom is 0.162 e. The van der Waals surface area contributed by atoms with Crippen LogP contribution in [0.1, 0.15) is 42.3 Å². The second-order valence-electron chi connectivity index (χ2n) is 8.83. The van der Waals surface area contributed by atoms with Crippen LogP contribution < -0.4 is 10.1 Å². The van der Waals surface area contributed by atoms with Crippen molar-refractivity contribution in [1.82, 2.24) is 19.3 Å². The van der Waals surface area contributed by atoms with Crippen LogP contribution in [0, 0.1) is 19.7 Å². The van der Waals surface area contributed by atoms with E-state index in [2.05, 4.69) is 22.1 Å². The second kappa shape index (κ2) is 8.72. The summed E-state index contributed by atoms with van der Waals surface area (Å²) in [5.74, 6) is 0.125. The smallest absolute Gasteiger partial charge is 0.162 e. The summed E-state index contributed by atoms with van der Waals surface area (Å²) in [6, 6.07) is 3.55. The molecular weight excluding hydrogens is 440 g/mol. The SMILES string of the molecule is C=C(F)/C=C(\c1ccn(CCOC)c1C)c1c(OC)cc2c(c1F)-n1c(C)nnc1C(C)(C)N2. The quantitative estimate of drug-likeness (QED) is 0.490. The summed E-state index contributed by atoms with van der Waals surface area (Å²) in [5.41, 5.74) is 2.17. The van der Waals surface area contributed by atoms with E-state index < -0.39 is 17.2 Å². The fourth-order valence-corrected chi connectivity index (χ4v) is 4.48. The minimum Gasteiger partial charge on any atom is -0.496 e. The van der Waals surface area contributed by atoms with Crippen molar-refractivity contribution in [1.29, 1.82) is 0 Å². The van der Waals surface area contributed by atoms with E-state index >= 15 is 4.39 Å². The summed E-state index contributed by atoms with van der Waals surface area (Å²) in [7, 11) is 3.09. The molecule has 1 aliphatic rings. The number of hydrogen-bond acceptors (Lipinski definition) is 5. The maximum atomic E-state index is 16.5. The van der Waals surface area contributed by atoms with Gasteiger partial charge in [-0.05, 0) is 39.8 Å². The zero-order valence-electron chi connectivity index (χ0n) is 20.3. The molecular formula is C25H29F2N5O2. The fraction of sp³-hybridized carbons (Fsp3) is 0.360. The molecule has 4 rings (SSSR count). The Labute approximate surface area is 197 Å². The van der Waals surface area contributed by atoms with Gasteiger partial charge in [0.25, 0.3) is 0 Å². The van der Waals surface area contributed by atoms with Crippen LogP contribution in [0.5, 0.6) is 5.75 Å². The number of aromatic nitrogens is 4. The Bertz CT molecular complexity index is 1300. The van der Waals surface area contributed by atoms with Gasteiger partial charge in [-0.15, -0.1) is 10.2 Å². The first-order valence-electron chi connectivity index (χ1n) is 10.9. The van der Waals surface area contributed by atoms with Crippen LogP contribution in [0.2, 0.25) is 0 Å². The number of anilines is 1. The van der Waals surface area contributed by atoms with E-state index in [4.69, 9.17) is 9.47 Å². The van der Waals surface area contributed by atoms with Gasteiger partial charge in [-0.2, -0.15) is 0 Å². The number of fused-ring (bicyclic) bond motifs is 3. The molecule has 3 aromatic rings. The molecule has 0 bridgehead atoms. The lowest BCUT2D eigenvalue weighted by Gasteiger charge is -2.34. The minimum absolute atomic E-state index is 0.133. The molecule has 0 saturated heterocycles. The number of ether oxygens (including phenoxy) is 2. The van der Waals surface area contributed by atoms with Crippen molar-refractivity contribution >= 4 is 11.3 Å².